The number of aliphatic hydroxyl groups is 1. The highest BCUT2D eigenvalue weighted by Gasteiger charge is 2.37. The van der Waals surface area contributed by atoms with E-state index in [4.69, 9.17) is 16.3 Å². The van der Waals surface area contributed by atoms with Crippen LogP contribution in [0.1, 0.15) is 27.2 Å². The monoisotopic (exact) mass is 311 g/mol. The summed E-state index contributed by atoms with van der Waals surface area (Å²) in [6.07, 6.45) is 0.290. The minimum Gasteiger partial charge on any atom is -0.478 e. The van der Waals surface area contributed by atoms with Gasteiger partial charge in [0.25, 0.3) is 5.91 Å². The molecule has 1 heterocycles. The molecule has 1 aliphatic heterocycles. The Hall–Kier alpha value is -1.26. The number of carbonyl (C=O) groups excluding carboxylic acids is 1. The van der Waals surface area contributed by atoms with E-state index in [-0.39, 0.29) is 17.9 Å². The number of likely N-dealkylation sites (tertiary alicyclic amines) is 1. The molecular formula is C16H22ClNO3. The molecule has 0 aromatic heterocycles. The van der Waals surface area contributed by atoms with Gasteiger partial charge in [-0.1, -0.05) is 18.5 Å². The maximum Gasteiger partial charge on any atom is 0.266 e. The van der Waals surface area contributed by atoms with Gasteiger partial charge in [-0.15, -0.1) is 0 Å². The van der Waals surface area contributed by atoms with E-state index in [0.717, 1.165) is 0 Å². The molecule has 1 saturated heterocycles. The number of amides is 1. The van der Waals surface area contributed by atoms with Crippen molar-refractivity contribution in [2.45, 2.75) is 38.9 Å². The average Bonchev–Trinajstić information content (AvgIpc) is 2.43. The Morgan fingerprint density at radius 2 is 2.00 bits per heavy atom. The first-order chi connectivity index (χ1) is 9.79. The predicted molar refractivity (Wildman–Crippen MR) is 82.5 cm³/mol. The van der Waals surface area contributed by atoms with Gasteiger partial charge in [-0.05, 0) is 50.5 Å². The Balaban J connectivity index is 2.04. The zero-order valence-corrected chi connectivity index (χ0v) is 13.4. The van der Waals surface area contributed by atoms with Gasteiger partial charge in [0.05, 0.1) is 6.10 Å². The summed E-state index contributed by atoms with van der Waals surface area (Å²) in [4.78, 5) is 14.4. The molecule has 4 nitrogen and oxygen atoms in total. The number of hydrogen-bond donors (Lipinski definition) is 1. The van der Waals surface area contributed by atoms with E-state index >= 15 is 0 Å². The number of piperidine rings is 1. The Bertz CT molecular complexity index is 501. The zero-order chi connectivity index (χ0) is 15.6. The third-order valence-electron chi connectivity index (χ3n) is 3.85. The Morgan fingerprint density at radius 1 is 1.38 bits per heavy atom. The third-order valence-corrected chi connectivity index (χ3v) is 4.10. The lowest BCUT2D eigenvalue weighted by atomic mass is 9.95. The van der Waals surface area contributed by atoms with Crippen LogP contribution in [0.25, 0.3) is 0 Å². The minimum absolute atomic E-state index is 0.0591. The summed E-state index contributed by atoms with van der Waals surface area (Å²) in [7, 11) is 0. The molecule has 1 aromatic rings. The van der Waals surface area contributed by atoms with E-state index in [1.807, 2.05) is 6.92 Å². The molecule has 0 radical (unpaired) electrons. The number of hydrogen-bond acceptors (Lipinski definition) is 3. The number of nitrogens with zero attached hydrogens (tertiary/aromatic N) is 1. The number of ether oxygens (including phenoxy) is 1. The van der Waals surface area contributed by atoms with Gasteiger partial charge in [-0.25, -0.2) is 0 Å². The molecule has 0 bridgehead atoms. The molecular weight excluding hydrogens is 290 g/mol. The first-order valence-electron chi connectivity index (χ1n) is 7.21. The van der Waals surface area contributed by atoms with Gasteiger partial charge in [0.2, 0.25) is 0 Å². The molecule has 1 fully saturated rings. The van der Waals surface area contributed by atoms with E-state index in [1.165, 1.54) is 0 Å². The van der Waals surface area contributed by atoms with Crippen LogP contribution in [0.5, 0.6) is 5.75 Å². The molecule has 5 heteroatoms. The fourth-order valence-corrected chi connectivity index (χ4v) is 2.67. The largest absolute Gasteiger partial charge is 0.478 e. The molecule has 2 rings (SSSR count). The minimum atomic E-state index is -0.949. The highest BCUT2D eigenvalue weighted by atomic mass is 35.5. The van der Waals surface area contributed by atoms with Crippen LogP contribution in [0.4, 0.5) is 0 Å². The van der Waals surface area contributed by atoms with Crippen molar-refractivity contribution < 1.29 is 14.6 Å². The van der Waals surface area contributed by atoms with Crippen LogP contribution in [-0.4, -0.2) is 40.7 Å². The van der Waals surface area contributed by atoms with Crippen LogP contribution in [0.3, 0.4) is 0 Å². The van der Waals surface area contributed by atoms with Crippen molar-refractivity contribution in [3.8, 4) is 5.75 Å². The first-order valence-corrected chi connectivity index (χ1v) is 7.59. The summed E-state index contributed by atoms with van der Waals surface area (Å²) in [5.41, 5.74) is -0.949. The molecule has 2 atom stereocenters. The molecule has 1 aromatic carbocycles. The molecule has 0 saturated carbocycles. The number of benzene rings is 1. The Kier molecular flexibility index (Phi) is 4.79. The topological polar surface area (TPSA) is 49.8 Å². The summed E-state index contributed by atoms with van der Waals surface area (Å²) >= 11 is 5.84. The van der Waals surface area contributed by atoms with Gasteiger partial charge >= 0.3 is 0 Å². The summed E-state index contributed by atoms with van der Waals surface area (Å²) < 4.78 is 5.82. The predicted octanol–water partition coefficient (Wildman–Crippen LogP) is 2.73. The van der Waals surface area contributed by atoms with E-state index < -0.39 is 5.60 Å². The van der Waals surface area contributed by atoms with E-state index in [2.05, 4.69) is 0 Å². The smallest absolute Gasteiger partial charge is 0.266 e. The third kappa shape index (κ3) is 3.89. The lowest BCUT2D eigenvalue weighted by molar-refractivity contribution is -0.149. The second kappa shape index (κ2) is 6.24. The van der Waals surface area contributed by atoms with Gasteiger partial charge in [0, 0.05) is 18.1 Å². The van der Waals surface area contributed by atoms with E-state index in [0.29, 0.717) is 30.3 Å². The summed E-state index contributed by atoms with van der Waals surface area (Å²) in [5.74, 6) is 0.646. The Labute approximate surface area is 130 Å². The number of aliphatic hydroxyl groups excluding tert-OH is 1. The van der Waals surface area contributed by atoms with Gasteiger partial charge < -0.3 is 14.7 Å². The number of carbonyl (C=O) groups is 1. The summed E-state index contributed by atoms with van der Waals surface area (Å²) in [5, 5.41) is 10.4. The maximum atomic E-state index is 12.6. The summed E-state index contributed by atoms with van der Waals surface area (Å²) in [6, 6.07) is 6.97. The van der Waals surface area contributed by atoms with Crippen molar-refractivity contribution in [2.24, 2.45) is 5.92 Å². The highest BCUT2D eigenvalue weighted by molar-refractivity contribution is 6.30. The molecule has 0 aliphatic carbocycles. The molecule has 1 aliphatic rings. The lowest BCUT2D eigenvalue weighted by Crippen LogP contribution is -2.53. The van der Waals surface area contributed by atoms with Crippen molar-refractivity contribution in [3.63, 3.8) is 0 Å². The van der Waals surface area contributed by atoms with Crippen LogP contribution in [0.2, 0.25) is 5.02 Å². The fourth-order valence-electron chi connectivity index (χ4n) is 2.54. The van der Waals surface area contributed by atoms with Crippen LogP contribution in [0.15, 0.2) is 24.3 Å². The second-order valence-electron chi connectivity index (χ2n) is 6.15. The van der Waals surface area contributed by atoms with Gasteiger partial charge in [0.1, 0.15) is 5.75 Å². The van der Waals surface area contributed by atoms with Crippen molar-refractivity contribution in [2.75, 3.05) is 13.1 Å². The van der Waals surface area contributed by atoms with Crippen molar-refractivity contribution >= 4 is 17.5 Å². The second-order valence-corrected chi connectivity index (χ2v) is 6.59. The summed E-state index contributed by atoms with van der Waals surface area (Å²) in [6.45, 7) is 6.61. The first kappa shape index (κ1) is 16.1. The van der Waals surface area contributed by atoms with Crippen LogP contribution >= 0.6 is 11.6 Å². The van der Waals surface area contributed by atoms with Crippen molar-refractivity contribution in [3.05, 3.63) is 29.3 Å². The molecule has 116 valence electrons. The van der Waals surface area contributed by atoms with Gasteiger partial charge in [0.15, 0.2) is 5.60 Å². The van der Waals surface area contributed by atoms with Crippen LogP contribution < -0.4 is 4.74 Å². The van der Waals surface area contributed by atoms with Crippen LogP contribution in [0, 0.1) is 5.92 Å². The molecule has 0 spiro atoms. The number of halogens is 1. The molecule has 2 unspecified atom stereocenters. The molecule has 1 amide bonds. The van der Waals surface area contributed by atoms with Crippen LogP contribution in [-0.2, 0) is 4.79 Å². The standard InChI is InChI=1S/C16H22ClNO3/c1-11-10-18(9-8-14(11)19)15(20)16(2,3)21-13-6-4-12(17)5-7-13/h4-7,11,14,19H,8-10H2,1-3H3. The normalized spacial score (nSPS) is 23.0. The van der Waals surface area contributed by atoms with Gasteiger partial charge in [-0.3, -0.25) is 4.79 Å². The van der Waals surface area contributed by atoms with Crippen molar-refractivity contribution in [1.29, 1.82) is 0 Å². The van der Waals surface area contributed by atoms with Gasteiger partial charge in [-0.2, -0.15) is 0 Å². The average molecular weight is 312 g/mol. The van der Waals surface area contributed by atoms with Crippen molar-refractivity contribution in [1.82, 2.24) is 4.90 Å². The zero-order valence-electron chi connectivity index (χ0n) is 12.7. The SMILES string of the molecule is CC1CN(C(=O)C(C)(C)Oc2ccc(Cl)cc2)CCC1O. The quantitative estimate of drug-likeness (QED) is 0.934. The molecule has 21 heavy (non-hydrogen) atoms. The molecule has 1 N–H and O–H groups in total. The fraction of sp³-hybridized carbons (Fsp3) is 0.562. The number of rotatable bonds is 3. The van der Waals surface area contributed by atoms with E-state index in [9.17, 15) is 9.90 Å². The Morgan fingerprint density at radius 3 is 2.57 bits per heavy atom. The maximum absolute atomic E-state index is 12.6. The lowest BCUT2D eigenvalue weighted by Gasteiger charge is -2.38. The van der Waals surface area contributed by atoms with E-state index in [1.54, 1.807) is 43.0 Å². The highest BCUT2D eigenvalue weighted by Crippen LogP contribution is 2.25.